The summed E-state index contributed by atoms with van der Waals surface area (Å²) in [5.74, 6) is -0.671. The molecule has 3 rings (SSSR count). The number of aryl methyl sites for hydroxylation is 1. The minimum atomic E-state index is -0.488. The summed E-state index contributed by atoms with van der Waals surface area (Å²) in [6.07, 6.45) is 0. The van der Waals surface area contributed by atoms with E-state index in [2.05, 4.69) is 10.6 Å². The molecule has 0 radical (unpaired) electrons. The highest BCUT2D eigenvalue weighted by Crippen LogP contribution is 2.27. The van der Waals surface area contributed by atoms with Crippen molar-refractivity contribution in [3.63, 3.8) is 0 Å². The number of imide groups is 1. The second-order valence-electron chi connectivity index (χ2n) is 6.50. The number of nitrogens with zero attached hydrogens (tertiary/aromatic N) is 1. The molecule has 2 aromatic carbocycles. The molecule has 0 spiro atoms. The van der Waals surface area contributed by atoms with Crippen molar-refractivity contribution in [2.24, 2.45) is 0 Å². The van der Waals surface area contributed by atoms with Gasteiger partial charge in [0.25, 0.3) is 11.8 Å². The summed E-state index contributed by atoms with van der Waals surface area (Å²) >= 11 is 0. The molecule has 4 N–H and O–H groups in total. The zero-order chi connectivity index (χ0) is 19.0. The van der Waals surface area contributed by atoms with Crippen LogP contribution in [-0.2, 0) is 0 Å². The smallest absolute Gasteiger partial charge is 0.323 e. The number of urea groups is 1. The van der Waals surface area contributed by atoms with Gasteiger partial charge in [0.2, 0.25) is 0 Å². The molecule has 0 fully saturated rings. The van der Waals surface area contributed by atoms with Crippen LogP contribution in [0.25, 0.3) is 0 Å². The molecule has 0 aliphatic carbocycles. The van der Waals surface area contributed by atoms with E-state index >= 15 is 0 Å². The number of hydrogen-bond donors (Lipinski definition) is 3. The van der Waals surface area contributed by atoms with Gasteiger partial charge < -0.3 is 16.4 Å². The van der Waals surface area contributed by atoms with Crippen LogP contribution in [0.5, 0.6) is 0 Å². The van der Waals surface area contributed by atoms with Gasteiger partial charge in [-0.05, 0) is 56.7 Å². The van der Waals surface area contributed by atoms with Gasteiger partial charge in [0.1, 0.15) is 0 Å². The predicted octanol–water partition coefficient (Wildman–Crippen LogP) is 3.23. The van der Waals surface area contributed by atoms with Crippen LogP contribution >= 0.6 is 0 Å². The molecular weight excluding hydrogens is 332 g/mol. The van der Waals surface area contributed by atoms with Crippen molar-refractivity contribution < 1.29 is 14.4 Å². The van der Waals surface area contributed by atoms with Gasteiger partial charge in [-0.2, -0.15) is 0 Å². The summed E-state index contributed by atoms with van der Waals surface area (Å²) < 4.78 is 0. The van der Waals surface area contributed by atoms with Crippen molar-refractivity contribution in [3.8, 4) is 0 Å². The number of carbonyl (C=O) groups excluding carboxylic acids is 3. The van der Waals surface area contributed by atoms with Crippen LogP contribution in [0, 0.1) is 6.92 Å². The fraction of sp³-hybridized carbons (Fsp3) is 0.211. The lowest BCUT2D eigenvalue weighted by Crippen LogP contribution is -2.35. The van der Waals surface area contributed by atoms with E-state index in [1.807, 2.05) is 13.0 Å². The van der Waals surface area contributed by atoms with Crippen LogP contribution in [0.2, 0.25) is 0 Å². The molecule has 4 amide bonds. The number of nitrogen functional groups attached to an aromatic ring is 1. The maximum atomic E-state index is 12.4. The zero-order valence-electron chi connectivity index (χ0n) is 14.8. The van der Waals surface area contributed by atoms with Crippen LogP contribution in [0.3, 0.4) is 0 Å². The van der Waals surface area contributed by atoms with Crippen molar-refractivity contribution in [2.45, 2.75) is 26.8 Å². The molecule has 134 valence electrons. The number of hydrogen-bond acceptors (Lipinski definition) is 4. The zero-order valence-corrected chi connectivity index (χ0v) is 14.8. The molecule has 1 heterocycles. The molecule has 1 aliphatic heterocycles. The first-order chi connectivity index (χ1) is 12.3. The molecule has 7 heteroatoms. The van der Waals surface area contributed by atoms with Crippen molar-refractivity contribution in [1.82, 2.24) is 4.90 Å². The average molecular weight is 352 g/mol. The van der Waals surface area contributed by atoms with Crippen molar-refractivity contribution in [1.29, 1.82) is 0 Å². The minimum Gasteiger partial charge on any atom is -0.397 e. The highest BCUT2D eigenvalue weighted by molar-refractivity contribution is 6.22. The maximum absolute atomic E-state index is 12.4. The highest BCUT2D eigenvalue weighted by Gasteiger charge is 2.37. The van der Waals surface area contributed by atoms with Crippen LogP contribution in [0.15, 0.2) is 36.4 Å². The van der Waals surface area contributed by atoms with Crippen molar-refractivity contribution in [2.75, 3.05) is 16.4 Å². The maximum Gasteiger partial charge on any atom is 0.323 e. The molecule has 0 saturated carbocycles. The normalized spacial score (nSPS) is 13.2. The molecule has 0 aromatic heterocycles. The van der Waals surface area contributed by atoms with Gasteiger partial charge in [-0.25, -0.2) is 4.79 Å². The third-order valence-corrected chi connectivity index (χ3v) is 4.15. The second kappa shape index (κ2) is 6.51. The SMILES string of the molecule is Cc1ccc(NC(=O)Nc2ccc3c(c2)C(=O)N(C(C)C)C3=O)c(N)c1. The van der Waals surface area contributed by atoms with Crippen molar-refractivity contribution in [3.05, 3.63) is 53.1 Å². The van der Waals surface area contributed by atoms with Crippen LogP contribution in [0.1, 0.15) is 40.1 Å². The Kier molecular flexibility index (Phi) is 4.38. The number of benzene rings is 2. The summed E-state index contributed by atoms with van der Waals surface area (Å²) in [4.78, 5) is 38.1. The van der Waals surface area contributed by atoms with E-state index in [0.29, 0.717) is 22.6 Å². The van der Waals surface area contributed by atoms with Gasteiger partial charge in [0.15, 0.2) is 0 Å². The Hall–Kier alpha value is -3.35. The predicted molar refractivity (Wildman–Crippen MR) is 100 cm³/mol. The van der Waals surface area contributed by atoms with E-state index in [0.717, 1.165) is 5.56 Å². The number of nitrogens with one attached hydrogen (secondary N) is 2. The van der Waals surface area contributed by atoms with E-state index in [4.69, 9.17) is 5.73 Å². The second-order valence-corrected chi connectivity index (χ2v) is 6.50. The van der Waals surface area contributed by atoms with Gasteiger partial charge >= 0.3 is 6.03 Å². The minimum absolute atomic E-state index is 0.230. The number of rotatable bonds is 3. The fourth-order valence-electron chi connectivity index (χ4n) is 2.89. The molecule has 7 nitrogen and oxygen atoms in total. The molecule has 2 aromatic rings. The van der Waals surface area contributed by atoms with E-state index in [1.54, 1.807) is 38.1 Å². The quantitative estimate of drug-likeness (QED) is 0.582. The number of nitrogens with two attached hydrogens (primary N) is 1. The molecular formula is C19H20N4O3. The van der Waals surface area contributed by atoms with Crippen LogP contribution < -0.4 is 16.4 Å². The first-order valence-corrected chi connectivity index (χ1v) is 8.24. The first-order valence-electron chi connectivity index (χ1n) is 8.24. The first kappa shape index (κ1) is 17.5. The summed E-state index contributed by atoms with van der Waals surface area (Å²) in [6.45, 7) is 5.46. The monoisotopic (exact) mass is 352 g/mol. The third-order valence-electron chi connectivity index (χ3n) is 4.15. The van der Waals surface area contributed by atoms with E-state index in [1.165, 1.54) is 11.0 Å². The Morgan fingerprint density at radius 3 is 2.35 bits per heavy atom. The van der Waals surface area contributed by atoms with Gasteiger partial charge in [0, 0.05) is 11.7 Å². The van der Waals surface area contributed by atoms with Gasteiger partial charge in [-0.1, -0.05) is 6.07 Å². The third kappa shape index (κ3) is 3.11. The summed E-state index contributed by atoms with van der Waals surface area (Å²) in [6, 6.07) is 9.25. The van der Waals surface area contributed by atoms with Gasteiger partial charge in [-0.15, -0.1) is 0 Å². The Labute approximate surface area is 151 Å². The topological polar surface area (TPSA) is 105 Å². The lowest BCUT2D eigenvalue weighted by molar-refractivity contribution is 0.0609. The summed E-state index contributed by atoms with van der Waals surface area (Å²) in [7, 11) is 0. The lowest BCUT2D eigenvalue weighted by atomic mass is 10.1. The van der Waals surface area contributed by atoms with E-state index in [-0.39, 0.29) is 23.4 Å². The van der Waals surface area contributed by atoms with Gasteiger partial charge in [-0.3, -0.25) is 14.5 Å². The number of anilines is 3. The van der Waals surface area contributed by atoms with Crippen LogP contribution in [0.4, 0.5) is 21.9 Å². The molecule has 0 saturated heterocycles. The number of carbonyl (C=O) groups is 3. The molecule has 1 aliphatic rings. The lowest BCUT2D eigenvalue weighted by Gasteiger charge is -2.17. The molecule has 0 bridgehead atoms. The standard InChI is InChI=1S/C19H20N4O3/c1-10(2)23-17(24)13-6-5-12(9-14(13)18(23)25)21-19(26)22-16-7-4-11(3)8-15(16)20/h4-10H,20H2,1-3H3,(H2,21,22,26). The Morgan fingerprint density at radius 1 is 1.00 bits per heavy atom. The number of fused-ring (bicyclic) bond motifs is 1. The molecule has 0 atom stereocenters. The van der Waals surface area contributed by atoms with Crippen molar-refractivity contribution >= 4 is 34.9 Å². The average Bonchev–Trinajstić information content (AvgIpc) is 2.81. The fourth-order valence-corrected chi connectivity index (χ4v) is 2.89. The van der Waals surface area contributed by atoms with E-state index < -0.39 is 6.03 Å². The van der Waals surface area contributed by atoms with Crippen LogP contribution in [-0.4, -0.2) is 28.8 Å². The molecule has 0 unspecified atom stereocenters. The Balaban J connectivity index is 1.77. The number of amides is 4. The van der Waals surface area contributed by atoms with Gasteiger partial charge in [0.05, 0.1) is 22.5 Å². The Morgan fingerprint density at radius 2 is 1.69 bits per heavy atom. The Bertz CT molecular complexity index is 921. The summed E-state index contributed by atoms with van der Waals surface area (Å²) in [5, 5.41) is 5.32. The largest absolute Gasteiger partial charge is 0.397 e. The molecule has 26 heavy (non-hydrogen) atoms. The van der Waals surface area contributed by atoms with E-state index in [9.17, 15) is 14.4 Å². The summed E-state index contributed by atoms with van der Waals surface area (Å²) in [5.41, 5.74) is 8.88. The highest BCUT2D eigenvalue weighted by atomic mass is 16.2.